The van der Waals surface area contributed by atoms with Crippen LogP contribution in [0.1, 0.15) is 40.5 Å². The summed E-state index contributed by atoms with van der Waals surface area (Å²) in [6.07, 6.45) is 5.97. The Bertz CT molecular complexity index is 547. The number of ether oxygens (including phenoxy) is 1. The molecule has 6 nitrogen and oxygen atoms in total. The highest BCUT2D eigenvalue weighted by Gasteiger charge is 2.54. The maximum atomic E-state index is 12.0. The van der Waals surface area contributed by atoms with Crippen LogP contribution in [0, 0.1) is 5.41 Å². The lowest BCUT2D eigenvalue weighted by atomic mass is 9.61. The molecule has 2 heterocycles. The Balaban J connectivity index is 1.42. The third-order valence-corrected chi connectivity index (χ3v) is 4.39. The van der Waals surface area contributed by atoms with Gasteiger partial charge in [0.1, 0.15) is 5.60 Å². The number of rotatable bonds is 3. The number of carbonyl (C=O) groups excluding carboxylic acids is 1. The molecule has 6 heteroatoms. The molecule has 1 aliphatic carbocycles. The quantitative estimate of drug-likeness (QED) is 0.933. The third-order valence-electron chi connectivity index (χ3n) is 4.39. The van der Waals surface area contributed by atoms with Gasteiger partial charge in [0.05, 0.1) is 11.9 Å². The Morgan fingerprint density at radius 2 is 2.14 bits per heavy atom. The lowest BCUT2D eigenvalue weighted by Gasteiger charge is -2.58. The Morgan fingerprint density at radius 1 is 1.45 bits per heavy atom. The number of likely N-dealkylation sites (tertiary alicyclic amines) is 1. The number of nitrogens with one attached hydrogen (secondary N) is 1. The zero-order chi connectivity index (χ0) is 16.0. The zero-order valence-corrected chi connectivity index (χ0v) is 13.9. The van der Waals surface area contributed by atoms with Crippen LogP contribution in [-0.4, -0.2) is 45.5 Å². The number of aryl methyl sites for hydroxylation is 1. The van der Waals surface area contributed by atoms with Crippen molar-refractivity contribution in [3.05, 3.63) is 12.4 Å². The predicted octanol–water partition coefficient (Wildman–Crippen LogP) is 2.71. The second-order valence-electron chi connectivity index (χ2n) is 7.67. The summed E-state index contributed by atoms with van der Waals surface area (Å²) in [5.41, 5.74) is 0.989. The molecule has 0 atom stereocenters. The number of hydrogen-bond donors (Lipinski definition) is 1. The van der Waals surface area contributed by atoms with E-state index in [0.717, 1.165) is 38.2 Å². The smallest absolute Gasteiger partial charge is 0.410 e. The molecule has 1 spiro atoms. The van der Waals surface area contributed by atoms with Crippen LogP contribution in [0.3, 0.4) is 0 Å². The van der Waals surface area contributed by atoms with Gasteiger partial charge >= 0.3 is 6.09 Å². The van der Waals surface area contributed by atoms with Gasteiger partial charge in [-0.05, 0) is 40.5 Å². The zero-order valence-electron chi connectivity index (χ0n) is 13.9. The van der Waals surface area contributed by atoms with Crippen LogP contribution in [0.25, 0.3) is 0 Å². The minimum absolute atomic E-state index is 0.182. The Kier molecular flexibility index (Phi) is 3.57. The van der Waals surface area contributed by atoms with E-state index in [0.29, 0.717) is 11.5 Å². The standard InChI is InChI=1S/C16H26N4O2/c1-5-20-9-13(8-17-20)18-12-6-16(7-12)10-19(11-16)14(21)22-15(2,3)4/h8-9,12,18H,5-7,10-11H2,1-4H3. The average Bonchev–Trinajstić information content (AvgIpc) is 2.75. The molecule has 1 N–H and O–H groups in total. The van der Waals surface area contributed by atoms with Gasteiger partial charge < -0.3 is 15.0 Å². The van der Waals surface area contributed by atoms with Crippen molar-refractivity contribution in [2.75, 3.05) is 18.4 Å². The van der Waals surface area contributed by atoms with Crippen molar-refractivity contribution in [1.29, 1.82) is 0 Å². The summed E-state index contributed by atoms with van der Waals surface area (Å²) in [6, 6.07) is 0.496. The fourth-order valence-corrected chi connectivity index (χ4v) is 3.41. The van der Waals surface area contributed by atoms with Crippen molar-refractivity contribution in [3.8, 4) is 0 Å². The molecule has 1 aromatic heterocycles. The van der Waals surface area contributed by atoms with Gasteiger partial charge in [-0.15, -0.1) is 0 Å². The van der Waals surface area contributed by atoms with Crippen LogP contribution in [-0.2, 0) is 11.3 Å². The van der Waals surface area contributed by atoms with Crippen molar-refractivity contribution in [2.45, 2.75) is 58.7 Å². The molecule has 3 rings (SSSR count). The van der Waals surface area contributed by atoms with Crippen molar-refractivity contribution in [3.63, 3.8) is 0 Å². The number of carbonyl (C=O) groups is 1. The van der Waals surface area contributed by atoms with Gasteiger partial charge in [-0.3, -0.25) is 4.68 Å². The topological polar surface area (TPSA) is 59.4 Å². The van der Waals surface area contributed by atoms with Crippen molar-refractivity contribution < 1.29 is 9.53 Å². The lowest BCUT2D eigenvalue weighted by molar-refractivity contribution is -0.0738. The van der Waals surface area contributed by atoms with E-state index < -0.39 is 5.60 Å². The average molecular weight is 306 g/mol. The number of aromatic nitrogens is 2. The van der Waals surface area contributed by atoms with Gasteiger partial charge in [0.2, 0.25) is 0 Å². The normalized spacial score (nSPS) is 20.5. The maximum absolute atomic E-state index is 12.0. The van der Waals surface area contributed by atoms with Crippen LogP contribution < -0.4 is 5.32 Å². The van der Waals surface area contributed by atoms with E-state index in [1.165, 1.54) is 0 Å². The SMILES string of the molecule is CCn1cc(NC2CC3(C2)CN(C(=O)OC(C)(C)C)C3)cn1. The molecule has 0 unspecified atom stereocenters. The molecule has 1 aromatic rings. The summed E-state index contributed by atoms with van der Waals surface area (Å²) in [7, 11) is 0. The second kappa shape index (κ2) is 5.18. The molecule has 0 bridgehead atoms. The van der Waals surface area contributed by atoms with E-state index in [4.69, 9.17) is 4.74 Å². The first-order chi connectivity index (χ1) is 10.3. The lowest BCUT2D eigenvalue weighted by Crippen LogP contribution is -2.66. The first-order valence-electron chi connectivity index (χ1n) is 8.05. The summed E-state index contributed by atoms with van der Waals surface area (Å²) in [4.78, 5) is 13.8. The molecule has 1 aliphatic heterocycles. The summed E-state index contributed by atoms with van der Waals surface area (Å²) >= 11 is 0. The Labute approximate surface area is 131 Å². The van der Waals surface area contributed by atoms with E-state index in [1.807, 2.05) is 42.7 Å². The van der Waals surface area contributed by atoms with Crippen molar-refractivity contribution in [1.82, 2.24) is 14.7 Å². The molecule has 0 aromatic carbocycles. The Hall–Kier alpha value is -1.72. The van der Waals surface area contributed by atoms with E-state index >= 15 is 0 Å². The van der Waals surface area contributed by atoms with Gasteiger partial charge in [-0.25, -0.2) is 4.79 Å². The molecule has 1 amide bonds. The molecular formula is C16H26N4O2. The van der Waals surface area contributed by atoms with Gasteiger partial charge in [-0.2, -0.15) is 5.10 Å². The van der Waals surface area contributed by atoms with Gasteiger partial charge in [0, 0.05) is 37.3 Å². The van der Waals surface area contributed by atoms with Crippen molar-refractivity contribution >= 4 is 11.8 Å². The number of amides is 1. The van der Waals surface area contributed by atoms with E-state index in [-0.39, 0.29) is 6.09 Å². The Morgan fingerprint density at radius 3 is 2.68 bits per heavy atom. The predicted molar refractivity (Wildman–Crippen MR) is 84.8 cm³/mol. The molecular weight excluding hydrogens is 280 g/mol. The molecule has 122 valence electrons. The number of hydrogen-bond acceptors (Lipinski definition) is 4. The summed E-state index contributed by atoms with van der Waals surface area (Å²) in [5.74, 6) is 0. The van der Waals surface area contributed by atoms with E-state index in [1.54, 1.807) is 0 Å². The largest absolute Gasteiger partial charge is 0.444 e. The monoisotopic (exact) mass is 306 g/mol. The molecule has 22 heavy (non-hydrogen) atoms. The third kappa shape index (κ3) is 3.05. The minimum atomic E-state index is -0.414. The van der Waals surface area contributed by atoms with Crippen molar-refractivity contribution in [2.24, 2.45) is 5.41 Å². The van der Waals surface area contributed by atoms with Crippen LogP contribution in [0.15, 0.2) is 12.4 Å². The molecule has 0 radical (unpaired) electrons. The highest BCUT2D eigenvalue weighted by Crippen LogP contribution is 2.49. The summed E-state index contributed by atoms with van der Waals surface area (Å²) in [6.45, 7) is 10.3. The fourth-order valence-electron chi connectivity index (χ4n) is 3.41. The van der Waals surface area contributed by atoms with Gasteiger partial charge in [0.25, 0.3) is 0 Å². The van der Waals surface area contributed by atoms with Crippen LogP contribution in [0.5, 0.6) is 0 Å². The first-order valence-corrected chi connectivity index (χ1v) is 8.05. The summed E-state index contributed by atoms with van der Waals surface area (Å²) < 4.78 is 7.32. The van der Waals surface area contributed by atoms with Gasteiger partial charge in [0.15, 0.2) is 0 Å². The molecule has 1 saturated heterocycles. The second-order valence-corrected chi connectivity index (χ2v) is 7.67. The molecule has 1 saturated carbocycles. The van der Waals surface area contributed by atoms with Crippen LogP contribution in [0.4, 0.5) is 10.5 Å². The first kappa shape index (κ1) is 15.2. The van der Waals surface area contributed by atoms with Crippen LogP contribution in [0.2, 0.25) is 0 Å². The highest BCUT2D eigenvalue weighted by atomic mass is 16.6. The number of nitrogens with zero attached hydrogens (tertiary/aromatic N) is 3. The highest BCUT2D eigenvalue weighted by molar-refractivity contribution is 5.69. The van der Waals surface area contributed by atoms with E-state index in [9.17, 15) is 4.79 Å². The summed E-state index contributed by atoms with van der Waals surface area (Å²) in [5, 5.41) is 7.79. The molecule has 2 fully saturated rings. The van der Waals surface area contributed by atoms with Crippen LogP contribution >= 0.6 is 0 Å². The van der Waals surface area contributed by atoms with Gasteiger partial charge in [-0.1, -0.05) is 0 Å². The minimum Gasteiger partial charge on any atom is -0.444 e. The fraction of sp³-hybridized carbons (Fsp3) is 0.750. The maximum Gasteiger partial charge on any atom is 0.410 e. The molecule has 2 aliphatic rings. The number of anilines is 1. The van der Waals surface area contributed by atoms with E-state index in [2.05, 4.69) is 17.3 Å².